The van der Waals surface area contributed by atoms with Gasteiger partial charge in [0, 0.05) is 6.54 Å². The number of hydrogen-bond donors (Lipinski definition) is 9. The van der Waals surface area contributed by atoms with E-state index < -0.39 is 66.4 Å². The van der Waals surface area contributed by atoms with E-state index in [4.69, 9.17) is 22.0 Å². The highest BCUT2D eigenvalue weighted by Crippen LogP contribution is 2.06. The summed E-state index contributed by atoms with van der Waals surface area (Å²) in [6.45, 7) is 5.11. The quantitative estimate of drug-likeness (QED) is 0.0537. The molecule has 0 aromatic carbocycles. The molecule has 0 bridgehead atoms. The van der Waals surface area contributed by atoms with Gasteiger partial charge in [-0.25, -0.2) is 5.48 Å². The van der Waals surface area contributed by atoms with E-state index in [1.807, 2.05) is 13.8 Å². The Morgan fingerprint density at radius 2 is 1.39 bits per heavy atom. The lowest BCUT2D eigenvalue weighted by atomic mass is 10.0. The molecule has 1 unspecified atom stereocenters. The summed E-state index contributed by atoms with van der Waals surface area (Å²) in [5.41, 5.74) is 19.2. The standard InChI is InChI=1S/C23H46N8O7/c1-13(2)11-17(30-21(35)15(25)8-10-27-38-4)22(36)28-14(3)20(34)31-18(12-32)23(37)29-16(19(26)33)7-5-6-9-24/h13-18,27,32H,5-12,24-25H2,1-4H3,(H2,26,33)(H,28,36)(H,29,37)(H,30,35)(H,31,34)/t14-,15?,16-,17-,18-/m0/s1. The third kappa shape index (κ3) is 14.2. The molecule has 15 heteroatoms. The van der Waals surface area contributed by atoms with Crippen molar-refractivity contribution in [2.45, 2.75) is 83.1 Å². The number of hydroxylamine groups is 1. The molecule has 0 aliphatic carbocycles. The minimum Gasteiger partial charge on any atom is -0.394 e. The molecule has 0 rings (SSSR count). The Morgan fingerprint density at radius 1 is 0.816 bits per heavy atom. The summed E-state index contributed by atoms with van der Waals surface area (Å²) < 4.78 is 0. The van der Waals surface area contributed by atoms with Crippen molar-refractivity contribution in [2.24, 2.45) is 23.1 Å². The van der Waals surface area contributed by atoms with Gasteiger partial charge in [-0.3, -0.25) is 24.0 Å². The molecule has 0 fully saturated rings. The Kier molecular flexibility index (Phi) is 17.8. The van der Waals surface area contributed by atoms with Crippen LogP contribution in [0.15, 0.2) is 0 Å². The molecule has 0 saturated heterocycles. The lowest BCUT2D eigenvalue weighted by Crippen LogP contribution is -2.59. The van der Waals surface area contributed by atoms with Crippen LogP contribution in [0.3, 0.4) is 0 Å². The van der Waals surface area contributed by atoms with Crippen LogP contribution in [0.4, 0.5) is 0 Å². The zero-order valence-corrected chi connectivity index (χ0v) is 22.7. The minimum atomic E-state index is -1.39. The van der Waals surface area contributed by atoms with Gasteiger partial charge in [0.1, 0.15) is 24.2 Å². The number of aliphatic hydroxyl groups is 1. The molecule has 0 heterocycles. The first-order chi connectivity index (χ1) is 17.9. The highest BCUT2D eigenvalue weighted by molar-refractivity contribution is 5.95. The van der Waals surface area contributed by atoms with Gasteiger partial charge in [-0.15, -0.1) is 0 Å². The highest BCUT2D eigenvalue weighted by atomic mass is 16.6. The zero-order chi connectivity index (χ0) is 29.3. The molecule has 12 N–H and O–H groups in total. The second-order valence-corrected chi connectivity index (χ2v) is 9.41. The number of primary amides is 1. The van der Waals surface area contributed by atoms with E-state index in [1.54, 1.807) is 0 Å². The van der Waals surface area contributed by atoms with Gasteiger partial charge < -0.3 is 48.4 Å². The minimum absolute atomic E-state index is 0.0343. The summed E-state index contributed by atoms with van der Waals surface area (Å²) in [7, 11) is 1.43. The predicted molar refractivity (Wildman–Crippen MR) is 140 cm³/mol. The molecular weight excluding hydrogens is 500 g/mol. The van der Waals surface area contributed by atoms with Gasteiger partial charge >= 0.3 is 0 Å². The van der Waals surface area contributed by atoms with Crippen LogP contribution < -0.4 is 43.9 Å². The summed E-state index contributed by atoms with van der Waals surface area (Å²) in [4.78, 5) is 66.9. The Balaban J connectivity index is 5.12. The van der Waals surface area contributed by atoms with Crippen molar-refractivity contribution in [1.29, 1.82) is 0 Å². The summed E-state index contributed by atoms with van der Waals surface area (Å²) in [5.74, 6) is -3.44. The third-order valence-corrected chi connectivity index (χ3v) is 5.55. The van der Waals surface area contributed by atoms with E-state index in [0.717, 1.165) is 0 Å². The second kappa shape index (κ2) is 19.3. The smallest absolute Gasteiger partial charge is 0.245 e. The lowest BCUT2D eigenvalue weighted by Gasteiger charge is -2.25. The van der Waals surface area contributed by atoms with Crippen LogP contribution in [-0.2, 0) is 28.8 Å². The van der Waals surface area contributed by atoms with Crippen molar-refractivity contribution in [1.82, 2.24) is 26.7 Å². The Morgan fingerprint density at radius 3 is 1.92 bits per heavy atom. The number of carbonyl (C=O) groups is 5. The fraction of sp³-hybridized carbons (Fsp3) is 0.783. The van der Waals surface area contributed by atoms with Crippen molar-refractivity contribution in [3.63, 3.8) is 0 Å². The summed E-state index contributed by atoms with van der Waals surface area (Å²) in [5, 5.41) is 19.5. The first kappa shape index (κ1) is 35.2. The van der Waals surface area contributed by atoms with E-state index in [9.17, 15) is 29.1 Å². The van der Waals surface area contributed by atoms with Gasteiger partial charge in [-0.1, -0.05) is 13.8 Å². The van der Waals surface area contributed by atoms with Crippen LogP contribution in [0.25, 0.3) is 0 Å². The fourth-order valence-corrected chi connectivity index (χ4v) is 3.35. The molecule has 0 saturated carbocycles. The summed E-state index contributed by atoms with van der Waals surface area (Å²) >= 11 is 0. The van der Waals surface area contributed by atoms with E-state index in [2.05, 4.69) is 26.7 Å². The van der Waals surface area contributed by atoms with Crippen LogP contribution >= 0.6 is 0 Å². The van der Waals surface area contributed by atoms with Crippen LogP contribution in [0.2, 0.25) is 0 Å². The SMILES string of the molecule is CONCCC(N)C(=O)N[C@@H](CC(C)C)C(=O)N[C@@H](C)C(=O)N[C@@H](CO)C(=O)N[C@@H](CCCCN)C(N)=O. The Hall–Kier alpha value is -2.85. The molecule has 38 heavy (non-hydrogen) atoms. The number of unbranched alkanes of at least 4 members (excludes halogenated alkanes) is 1. The molecule has 0 aliphatic rings. The zero-order valence-electron chi connectivity index (χ0n) is 22.7. The monoisotopic (exact) mass is 546 g/mol. The number of hydrogen-bond acceptors (Lipinski definition) is 10. The summed E-state index contributed by atoms with van der Waals surface area (Å²) in [6.07, 6.45) is 1.99. The van der Waals surface area contributed by atoms with Crippen LogP contribution in [-0.4, -0.2) is 91.7 Å². The molecule has 220 valence electrons. The highest BCUT2D eigenvalue weighted by Gasteiger charge is 2.29. The molecule has 15 nitrogen and oxygen atoms in total. The van der Waals surface area contributed by atoms with Crippen molar-refractivity contribution >= 4 is 29.5 Å². The largest absolute Gasteiger partial charge is 0.394 e. The molecule has 0 aliphatic heterocycles. The average molecular weight is 547 g/mol. The van der Waals surface area contributed by atoms with Gasteiger partial charge in [0.25, 0.3) is 0 Å². The number of carbonyl (C=O) groups excluding carboxylic acids is 5. The molecule has 0 aromatic rings. The Bertz CT molecular complexity index is 768. The van der Waals surface area contributed by atoms with E-state index >= 15 is 0 Å². The average Bonchev–Trinajstić information content (AvgIpc) is 2.85. The van der Waals surface area contributed by atoms with Crippen LogP contribution in [0.5, 0.6) is 0 Å². The normalized spacial score (nSPS) is 15.1. The van der Waals surface area contributed by atoms with Crippen LogP contribution in [0.1, 0.15) is 52.9 Å². The maximum absolute atomic E-state index is 12.9. The van der Waals surface area contributed by atoms with Gasteiger partial charge in [0.15, 0.2) is 0 Å². The van der Waals surface area contributed by atoms with E-state index in [1.165, 1.54) is 14.0 Å². The van der Waals surface area contributed by atoms with Gasteiger partial charge in [0.05, 0.1) is 19.8 Å². The number of rotatable bonds is 20. The molecule has 0 spiro atoms. The van der Waals surface area contributed by atoms with Crippen molar-refractivity contribution in [3.05, 3.63) is 0 Å². The lowest BCUT2D eigenvalue weighted by molar-refractivity contribution is -0.135. The predicted octanol–water partition coefficient (Wildman–Crippen LogP) is -3.53. The van der Waals surface area contributed by atoms with E-state index in [-0.39, 0.29) is 25.2 Å². The maximum atomic E-state index is 12.9. The molecule has 5 amide bonds. The van der Waals surface area contributed by atoms with Crippen LogP contribution in [0, 0.1) is 5.92 Å². The van der Waals surface area contributed by atoms with Gasteiger partial charge in [-0.2, -0.15) is 0 Å². The van der Waals surface area contributed by atoms with Crippen molar-refractivity contribution in [3.8, 4) is 0 Å². The number of nitrogens with two attached hydrogens (primary N) is 3. The molecular formula is C23H46N8O7. The molecule has 0 aromatic heterocycles. The van der Waals surface area contributed by atoms with Gasteiger partial charge in [-0.05, 0) is 51.5 Å². The van der Waals surface area contributed by atoms with E-state index in [0.29, 0.717) is 25.9 Å². The first-order valence-corrected chi connectivity index (χ1v) is 12.7. The molecule has 5 atom stereocenters. The number of nitrogens with one attached hydrogen (secondary N) is 5. The van der Waals surface area contributed by atoms with Gasteiger partial charge in [0.2, 0.25) is 29.5 Å². The fourth-order valence-electron chi connectivity index (χ4n) is 3.35. The van der Waals surface area contributed by atoms with Crippen molar-refractivity contribution in [2.75, 3.05) is 26.8 Å². The van der Waals surface area contributed by atoms with Crippen molar-refractivity contribution < 1.29 is 33.9 Å². The maximum Gasteiger partial charge on any atom is 0.245 e. The first-order valence-electron chi connectivity index (χ1n) is 12.7. The third-order valence-electron chi connectivity index (χ3n) is 5.55. The number of aliphatic hydroxyl groups excluding tert-OH is 1. The molecule has 0 radical (unpaired) electrons. The topological polar surface area (TPSA) is 253 Å². The Labute approximate surface area is 223 Å². The number of amides is 5. The summed E-state index contributed by atoms with van der Waals surface area (Å²) in [6, 6.07) is -5.34. The second-order valence-electron chi connectivity index (χ2n) is 9.41.